The summed E-state index contributed by atoms with van der Waals surface area (Å²) in [6.45, 7) is 17.1. The number of quaternary nitrogens is 1. The van der Waals surface area contributed by atoms with Gasteiger partial charge in [-0.1, -0.05) is 40.5 Å². The van der Waals surface area contributed by atoms with E-state index in [9.17, 15) is 25.9 Å². The van der Waals surface area contributed by atoms with Gasteiger partial charge in [-0.2, -0.15) is 0 Å². The molecule has 0 atom stereocenters. The molecule has 7 rings (SSSR count). The van der Waals surface area contributed by atoms with Gasteiger partial charge in [0.2, 0.25) is 0 Å². The lowest BCUT2D eigenvalue weighted by molar-refractivity contribution is -0.939. The Morgan fingerprint density at radius 1 is 0.780 bits per heavy atom. The largest absolute Gasteiger partial charge is 0.744 e. The minimum atomic E-state index is -4.27. The number of aryl methyl sites for hydroxylation is 4. The molecule has 0 spiro atoms. The van der Waals surface area contributed by atoms with E-state index in [2.05, 4.69) is 51.2 Å². The summed E-state index contributed by atoms with van der Waals surface area (Å²) in [5.41, 5.74) is 4.02. The van der Waals surface area contributed by atoms with Crippen LogP contribution < -0.4 is 9.47 Å². The number of hydrogen-bond donors (Lipinski definition) is 0. The van der Waals surface area contributed by atoms with E-state index in [1.807, 2.05) is 49.5 Å². The molecule has 3 fully saturated rings. The third-order valence-electron chi connectivity index (χ3n) is 9.13. The molecule has 3 aliphatic rings. The second-order valence-electron chi connectivity index (χ2n) is 12.7. The van der Waals surface area contributed by atoms with Crippen LogP contribution in [-0.4, -0.2) is 98.8 Å². The van der Waals surface area contributed by atoms with Gasteiger partial charge in [0.25, 0.3) is 0 Å². The molecule has 4 aromatic rings. The van der Waals surface area contributed by atoms with Crippen molar-refractivity contribution in [1.82, 2.24) is 9.47 Å². The Hall–Kier alpha value is -3.99. The van der Waals surface area contributed by atoms with E-state index in [4.69, 9.17) is 0 Å². The molecule has 0 radical (unpaired) electrons. The number of azo groups is 1. The van der Waals surface area contributed by atoms with Crippen molar-refractivity contribution in [3.63, 3.8) is 0 Å². The summed E-state index contributed by atoms with van der Waals surface area (Å²) >= 11 is 0. The van der Waals surface area contributed by atoms with Gasteiger partial charge in [-0.05, 0) is 69.3 Å². The van der Waals surface area contributed by atoms with Crippen molar-refractivity contribution < 1.29 is 35.0 Å². The lowest BCUT2D eigenvalue weighted by atomic mass is 10.1. The number of fused-ring (bicyclic) bond motifs is 3. The van der Waals surface area contributed by atoms with E-state index in [-0.39, 0.29) is 9.79 Å². The van der Waals surface area contributed by atoms with Crippen molar-refractivity contribution in [2.75, 3.05) is 63.8 Å². The molecule has 270 valence electrons. The highest BCUT2D eigenvalue weighted by Gasteiger charge is 2.38. The number of piperazine rings is 3. The highest BCUT2D eigenvalue weighted by atomic mass is 32.2. The Balaban J connectivity index is 0.000000209. The Kier molecular flexibility index (Phi) is 13.0. The molecule has 1 aromatic heterocycles. The first-order valence-corrected chi connectivity index (χ1v) is 19.3. The van der Waals surface area contributed by atoms with E-state index in [1.165, 1.54) is 80.2 Å². The van der Waals surface area contributed by atoms with Gasteiger partial charge in [0.05, 0.1) is 69.0 Å². The minimum Gasteiger partial charge on any atom is -0.744 e. The summed E-state index contributed by atoms with van der Waals surface area (Å²) in [5, 5.41) is 8.79. The van der Waals surface area contributed by atoms with Crippen molar-refractivity contribution in [2.24, 2.45) is 24.3 Å². The van der Waals surface area contributed by atoms with Crippen LogP contribution >= 0.6 is 0 Å². The Bertz CT molecular complexity index is 1830. The van der Waals surface area contributed by atoms with Gasteiger partial charge in [-0.3, -0.25) is 4.90 Å². The first-order valence-electron chi connectivity index (χ1n) is 16.5. The normalized spacial score (nSPS) is 18.6. The number of aromatic nitrogens is 2. The molecule has 0 saturated carbocycles. The van der Waals surface area contributed by atoms with Crippen molar-refractivity contribution in [3.05, 3.63) is 96.3 Å². The average Bonchev–Trinajstić information content (AvgIpc) is 3.41. The molecular weight excluding hydrogens is 679 g/mol. The Morgan fingerprint density at radius 3 is 1.66 bits per heavy atom. The fourth-order valence-corrected chi connectivity index (χ4v) is 6.77. The fraction of sp³-hybridized carbons (Fsp3) is 0.400. The molecule has 0 amide bonds. The number of benzene rings is 3. The summed E-state index contributed by atoms with van der Waals surface area (Å²) in [4.78, 5) is 4.75. The molecule has 3 aromatic carbocycles. The van der Waals surface area contributed by atoms with Gasteiger partial charge in [0.1, 0.15) is 25.9 Å². The van der Waals surface area contributed by atoms with Crippen molar-refractivity contribution in [3.8, 4) is 0 Å². The smallest absolute Gasteiger partial charge is 0.421 e. The zero-order valence-corrected chi connectivity index (χ0v) is 31.0. The van der Waals surface area contributed by atoms with Gasteiger partial charge in [0, 0.05) is 37.0 Å². The monoisotopic (exact) mass is 725 g/mol. The van der Waals surface area contributed by atoms with Crippen LogP contribution in [0.4, 0.5) is 17.3 Å². The van der Waals surface area contributed by atoms with Crippen LogP contribution in [0.1, 0.15) is 18.1 Å². The van der Waals surface area contributed by atoms with E-state index in [0.717, 1.165) is 35.9 Å². The highest BCUT2D eigenvalue weighted by molar-refractivity contribution is 7.86. The van der Waals surface area contributed by atoms with E-state index in [0.29, 0.717) is 0 Å². The fourth-order valence-electron chi connectivity index (χ4n) is 5.84. The van der Waals surface area contributed by atoms with Crippen LogP contribution in [0, 0.1) is 13.8 Å². The molecular formula is C35H47N7O6S2. The maximum atomic E-state index is 10.4. The SMILES string of the molecule is CCN(CC[N+]12CCN(CC1)CC2)c1ccc(N=Nc2n(C)cc[n+]2C)cc1.Cc1ccc(S(=O)(=O)[O-])cc1.Cc1ccc(S(=O)(=O)[O-])cc1. The van der Waals surface area contributed by atoms with Crippen LogP contribution in [-0.2, 0) is 34.3 Å². The number of anilines is 1. The maximum Gasteiger partial charge on any atom is 0.421 e. The third kappa shape index (κ3) is 11.0. The molecule has 15 heteroatoms. The summed E-state index contributed by atoms with van der Waals surface area (Å²) in [6.07, 6.45) is 3.95. The van der Waals surface area contributed by atoms with Gasteiger partial charge in [-0.25, -0.2) is 26.0 Å². The van der Waals surface area contributed by atoms with Crippen LogP contribution in [0.3, 0.4) is 0 Å². The molecule has 50 heavy (non-hydrogen) atoms. The van der Waals surface area contributed by atoms with Crippen molar-refractivity contribution in [1.29, 1.82) is 0 Å². The molecule has 2 bridgehead atoms. The number of likely N-dealkylation sites (N-methyl/N-ethyl adjacent to an activating group) is 1. The third-order valence-corrected chi connectivity index (χ3v) is 10.8. The molecule has 4 heterocycles. The lowest BCUT2D eigenvalue weighted by Crippen LogP contribution is -2.68. The lowest BCUT2D eigenvalue weighted by Gasteiger charge is -2.51. The zero-order chi connectivity index (χ0) is 36.5. The molecule has 0 unspecified atom stereocenters. The predicted molar refractivity (Wildman–Crippen MR) is 190 cm³/mol. The number of rotatable bonds is 9. The summed E-state index contributed by atoms with van der Waals surface area (Å²) in [6, 6.07) is 20.1. The minimum absolute atomic E-state index is 0.178. The number of hydrogen-bond acceptors (Lipinski definition) is 10. The van der Waals surface area contributed by atoms with Crippen LogP contribution in [0.25, 0.3) is 0 Å². The first-order chi connectivity index (χ1) is 23.6. The maximum absolute atomic E-state index is 10.4. The van der Waals surface area contributed by atoms with E-state index >= 15 is 0 Å². The summed E-state index contributed by atoms with van der Waals surface area (Å²) < 4.78 is 67.6. The predicted octanol–water partition coefficient (Wildman–Crippen LogP) is 4.04. The van der Waals surface area contributed by atoms with E-state index < -0.39 is 20.2 Å². The quantitative estimate of drug-likeness (QED) is 0.109. The molecule has 3 saturated heterocycles. The molecule has 0 aliphatic carbocycles. The molecule has 13 nitrogen and oxygen atoms in total. The van der Waals surface area contributed by atoms with Gasteiger partial charge < -0.3 is 18.5 Å². The summed E-state index contributed by atoms with van der Waals surface area (Å²) in [5.74, 6) is 0.829. The van der Waals surface area contributed by atoms with Crippen LogP contribution in [0.5, 0.6) is 0 Å². The van der Waals surface area contributed by atoms with Crippen molar-refractivity contribution in [2.45, 2.75) is 30.6 Å². The second kappa shape index (κ2) is 16.8. The molecule has 3 aliphatic heterocycles. The van der Waals surface area contributed by atoms with Gasteiger partial charge in [-0.15, -0.1) is 0 Å². The summed E-state index contributed by atoms with van der Waals surface area (Å²) in [7, 11) is -4.59. The number of nitrogens with zero attached hydrogens (tertiary/aromatic N) is 7. The first kappa shape index (κ1) is 38.8. The topological polar surface area (TPSA) is 154 Å². The molecule has 0 N–H and O–H groups in total. The van der Waals surface area contributed by atoms with Crippen LogP contribution in [0.2, 0.25) is 0 Å². The van der Waals surface area contributed by atoms with Gasteiger partial charge >= 0.3 is 5.95 Å². The zero-order valence-electron chi connectivity index (χ0n) is 29.3. The second-order valence-corrected chi connectivity index (χ2v) is 15.5. The van der Waals surface area contributed by atoms with Gasteiger partial charge in [0.15, 0.2) is 0 Å². The van der Waals surface area contributed by atoms with E-state index in [1.54, 1.807) is 24.3 Å². The Morgan fingerprint density at radius 2 is 1.26 bits per heavy atom. The van der Waals surface area contributed by atoms with Crippen LogP contribution in [0.15, 0.2) is 105 Å². The van der Waals surface area contributed by atoms with Crippen molar-refractivity contribution >= 4 is 37.6 Å². The highest BCUT2D eigenvalue weighted by Crippen LogP contribution is 2.23. The standard InChI is InChI=1S/C21H33N7.2C7H8O3S/c1-4-27(14-18-28-15-11-26(12-16-28)13-17-28)20-7-5-19(6-8-20)22-23-21-24(2)9-10-25(21)3;2*1-6-2-4-7(5-3-6)11(8,9)10/h5-10H,4,11-18H2,1-3H3;2*2-5H,1H3,(H,8,9,10)/q+2;;/p-2. The number of imidazole rings is 1. The Labute approximate surface area is 296 Å². The average molecular weight is 726 g/mol.